The molecule has 0 aromatic carbocycles. The number of carbonyl (C=O) groups excluding carboxylic acids is 1. The van der Waals surface area contributed by atoms with Gasteiger partial charge in [-0.2, -0.15) is 5.26 Å². The monoisotopic (exact) mass is 180 g/mol. The van der Waals surface area contributed by atoms with E-state index in [1.807, 2.05) is 32.1 Å². The zero-order chi connectivity index (χ0) is 10.1. The van der Waals surface area contributed by atoms with Crippen molar-refractivity contribution in [1.29, 1.82) is 5.26 Å². The average molecular weight is 180 g/mol. The van der Waals surface area contributed by atoms with Gasteiger partial charge in [0.05, 0.1) is 6.07 Å². The van der Waals surface area contributed by atoms with Crippen LogP contribution in [0, 0.1) is 17.2 Å². The van der Waals surface area contributed by atoms with Gasteiger partial charge in [-0.05, 0) is 19.8 Å². The van der Waals surface area contributed by atoms with E-state index in [1.165, 1.54) is 0 Å². The van der Waals surface area contributed by atoms with Gasteiger partial charge >= 0.3 is 0 Å². The highest BCUT2D eigenvalue weighted by Gasteiger charge is 2.13. The number of nitrogens with one attached hydrogen (secondary N) is 1. The number of rotatable bonds is 5. The number of allylic oxidation sites excluding steroid dienone is 1. The fourth-order valence-electron chi connectivity index (χ4n) is 0.904. The Labute approximate surface area is 79.4 Å². The SMILES string of the molecule is C/C=C/CCNC(=O)C(C#N)CC. The molecule has 0 saturated carbocycles. The second-order valence-corrected chi connectivity index (χ2v) is 2.74. The molecule has 0 saturated heterocycles. The van der Waals surface area contributed by atoms with E-state index in [-0.39, 0.29) is 5.91 Å². The minimum atomic E-state index is -0.495. The highest BCUT2D eigenvalue weighted by molar-refractivity contribution is 5.80. The topological polar surface area (TPSA) is 52.9 Å². The summed E-state index contributed by atoms with van der Waals surface area (Å²) in [4.78, 5) is 11.2. The minimum absolute atomic E-state index is 0.158. The van der Waals surface area contributed by atoms with E-state index in [1.54, 1.807) is 0 Å². The van der Waals surface area contributed by atoms with Crippen LogP contribution in [-0.4, -0.2) is 12.5 Å². The number of hydrogen-bond donors (Lipinski definition) is 1. The lowest BCUT2D eigenvalue weighted by Gasteiger charge is -2.06. The predicted molar refractivity (Wildman–Crippen MR) is 51.8 cm³/mol. The molecule has 13 heavy (non-hydrogen) atoms. The summed E-state index contributed by atoms with van der Waals surface area (Å²) < 4.78 is 0. The maximum atomic E-state index is 11.2. The number of amides is 1. The summed E-state index contributed by atoms with van der Waals surface area (Å²) >= 11 is 0. The Kier molecular flexibility index (Phi) is 6.62. The molecule has 0 aromatic heterocycles. The fraction of sp³-hybridized carbons (Fsp3) is 0.600. The third kappa shape index (κ3) is 5.02. The molecule has 0 heterocycles. The molecule has 0 spiro atoms. The van der Waals surface area contributed by atoms with Crippen LogP contribution in [0.1, 0.15) is 26.7 Å². The first-order chi connectivity index (χ1) is 6.26. The van der Waals surface area contributed by atoms with Crippen LogP contribution in [0.25, 0.3) is 0 Å². The van der Waals surface area contributed by atoms with Gasteiger partial charge in [0, 0.05) is 6.54 Å². The average Bonchev–Trinajstić information content (AvgIpc) is 2.14. The quantitative estimate of drug-likeness (QED) is 0.516. The first-order valence-corrected chi connectivity index (χ1v) is 4.54. The maximum absolute atomic E-state index is 11.2. The summed E-state index contributed by atoms with van der Waals surface area (Å²) in [5, 5.41) is 11.3. The normalized spacial score (nSPS) is 12.4. The molecule has 0 aromatic rings. The van der Waals surface area contributed by atoms with Gasteiger partial charge in [-0.1, -0.05) is 19.1 Å². The van der Waals surface area contributed by atoms with Gasteiger partial charge in [0.25, 0.3) is 0 Å². The molecule has 1 unspecified atom stereocenters. The van der Waals surface area contributed by atoms with Gasteiger partial charge in [0.2, 0.25) is 5.91 Å². The molecule has 3 heteroatoms. The largest absolute Gasteiger partial charge is 0.355 e. The molecule has 72 valence electrons. The van der Waals surface area contributed by atoms with Gasteiger partial charge < -0.3 is 5.32 Å². The summed E-state index contributed by atoms with van der Waals surface area (Å²) in [7, 11) is 0. The van der Waals surface area contributed by atoms with E-state index in [9.17, 15) is 4.79 Å². The minimum Gasteiger partial charge on any atom is -0.355 e. The van der Waals surface area contributed by atoms with E-state index < -0.39 is 5.92 Å². The third-order valence-corrected chi connectivity index (χ3v) is 1.73. The Morgan fingerprint density at radius 2 is 2.38 bits per heavy atom. The van der Waals surface area contributed by atoms with Gasteiger partial charge in [-0.3, -0.25) is 4.79 Å². The summed E-state index contributed by atoms with van der Waals surface area (Å²) in [6, 6.07) is 1.96. The van der Waals surface area contributed by atoms with E-state index in [2.05, 4.69) is 5.32 Å². The molecular formula is C10H16N2O. The van der Waals surface area contributed by atoms with Crippen molar-refractivity contribution in [2.45, 2.75) is 26.7 Å². The summed E-state index contributed by atoms with van der Waals surface area (Å²) in [6.45, 7) is 4.38. The Hall–Kier alpha value is -1.30. The van der Waals surface area contributed by atoms with Crippen molar-refractivity contribution >= 4 is 5.91 Å². The molecule has 0 aliphatic rings. The molecule has 0 aliphatic heterocycles. The Balaban J connectivity index is 3.68. The molecule has 0 bridgehead atoms. The molecule has 0 radical (unpaired) electrons. The third-order valence-electron chi connectivity index (χ3n) is 1.73. The highest BCUT2D eigenvalue weighted by atomic mass is 16.1. The Bertz CT molecular complexity index is 215. The van der Waals surface area contributed by atoms with Crippen molar-refractivity contribution in [1.82, 2.24) is 5.32 Å². The second kappa shape index (κ2) is 7.35. The van der Waals surface area contributed by atoms with Crippen molar-refractivity contribution in [2.24, 2.45) is 5.92 Å². The van der Waals surface area contributed by atoms with E-state index in [0.29, 0.717) is 13.0 Å². The number of hydrogen-bond acceptors (Lipinski definition) is 2. The number of carbonyl (C=O) groups is 1. The van der Waals surface area contributed by atoms with Crippen LogP contribution in [0.2, 0.25) is 0 Å². The Morgan fingerprint density at radius 1 is 1.69 bits per heavy atom. The lowest BCUT2D eigenvalue weighted by Crippen LogP contribution is -2.30. The first-order valence-electron chi connectivity index (χ1n) is 4.54. The van der Waals surface area contributed by atoms with Gasteiger partial charge in [-0.15, -0.1) is 0 Å². The van der Waals surface area contributed by atoms with E-state index >= 15 is 0 Å². The summed E-state index contributed by atoms with van der Waals surface area (Å²) in [6.07, 6.45) is 5.32. The van der Waals surface area contributed by atoms with E-state index in [4.69, 9.17) is 5.26 Å². The maximum Gasteiger partial charge on any atom is 0.237 e. The lowest BCUT2D eigenvalue weighted by atomic mass is 10.1. The van der Waals surface area contributed by atoms with Gasteiger partial charge in [0.1, 0.15) is 5.92 Å². The smallest absolute Gasteiger partial charge is 0.237 e. The molecule has 1 atom stereocenters. The van der Waals surface area contributed by atoms with Crippen LogP contribution in [0.3, 0.4) is 0 Å². The van der Waals surface area contributed by atoms with Crippen molar-refractivity contribution < 1.29 is 4.79 Å². The van der Waals surface area contributed by atoms with Crippen LogP contribution < -0.4 is 5.32 Å². The predicted octanol–water partition coefficient (Wildman–Crippen LogP) is 1.62. The standard InChI is InChI=1S/C10H16N2O/c1-3-5-6-7-12-10(13)9(4-2)8-11/h3,5,9H,4,6-7H2,1-2H3,(H,12,13)/b5-3+. The molecule has 1 amide bonds. The zero-order valence-corrected chi connectivity index (χ0v) is 8.21. The molecule has 1 N–H and O–H groups in total. The lowest BCUT2D eigenvalue weighted by molar-refractivity contribution is -0.123. The van der Waals surface area contributed by atoms with Crippen LogP contribution in [-0.2, 0) is 4.79 Å². The van der Waals surface area contributed by atoms with Crippen molar-refractivity contribution in [3.8, 4) is 6.07 Å². The number of nitriles is 1. The number of nitrogens with zero attached hydrogens (tertiary/aromatic N) is 1. The van der Waals surface area contributed by atoms with Crippen LogP contribution in [0.15, 0.2) is 12.2 Å². The van der Waals surface area contributed by atoms with Crippen molar-refractivity contribution in [2.75, 3.05) is 6.54 Å². The van der Waals surface area contributed by atoms with Crippen LogP contribution in [0.5, 0.6) is 0 Å². The Morgan fingerprint density at radius 3 is 2.85 bits per heavy atom. The van der Waals surface area contributed by atoms with Crippen molar-refractivity contribution in [3.63, 3.8) is 0 Å². The zero-order valence-electron chi connectivity index (χ0n) is 8.21. The molecule has 3 nitrogen and oxygen atoms in total. The van der Waals surface area contributed by atoms with Crippen molar-refractivity contribution in [3.05, 3.63) is 12.2 Å². The summed E-state index contributed by atoms with van der Waals surface area (Å²) in [5.41, 5.74) is 0. The fourth-order valence-corrected chi connectivity index (χ4v) is 0.904. The molecule has 0 aliphatic carbocycles. The summed E-state index contributed by atoms with van der Waals surface area (Å²) in [5.74, 6) is -0.653. The van der Waals surface area contributed by atoms with Crippen LogP contribution in [0.4, 0.5) is 0 Å². The van der Waals surface area contributed by atoms with Gasteiger partial charge in [-0.25, -0.2) is 0 Å². The van der Waals surface area contributed by atoms with E-state index in [0.717, 1.165) is 6.42 Å². The van der Waals surface area contributed by atoms with Gasteiger partial charge in [0.15, 0.2) is 0 Å². The molecular weight excluding hydrogens is 164 g/mol. The highest BCUT2D eigenvalue weighted by Crippen LogP contribution is 1.99. The first kappa shape index (κ1) is 11.7. The molecule has 0 rings (SSSR count). The molecule has 0 fully saturated rings. The van der Waals surface area contributed by atoms with Crippen LogP contribution >= 0.6 is 0 Å². The second-order valence-electron chi connectivity index (χ2n) is 2.74.